The maximum Gasteiger partial charge on any atom is 0.119 e. The number of hydrogen-bond acceptors (Lipinski definition) is 2. The predicted molar refractivity (Wildman–Crippen MR) is 82.3 cm³/mol. The molecule has 0 N–H and O–H groups in total. The quantitative estimate of drug-likeness (QED) is 0.704. The number of ether oxygens (including phenoxy) is 1. The average Bonchev–Trinajstić information content (AvgIpc) is 2.93. The molecule has 0 bridgehead atoms. The minimum atomic E-state index is -0.257. The minimum absolute atomic E-state index is 0.257. The maximum absolute atomic E-state index is 13.2. The van der Waals surface area contributed by atoms with Gasteiger partial charge in [0.05, 0.1) is 12.9 Å². The van der Waals surface area contributed by atoms with Crippen molar-refractivity contribution in [1.82, 2.24) is 9.55 Å². The Labute approximate surface area is 121 Å². The minimum Gasteiger partial charge on any atom is -0.383 e. The lowest BCUT2D eigenvalue weighted by Gasteiger charge is -2.07. The Morgan fingerprint density at radius 1 is 1.50 bits per heavy atom. The molecule has 20 heavy (non-hydrogen) atoms. The molecule has 1 rings (SSSR count). The van der Waals surface area contributed by atoms with Gasteiger partial charge in [-0.3, -0.25) is 0 Å². The van der Waals surface area contributed by atoms with Crippen LogP contribution in [0.4, 0.5) is 4.39 Å². The number of halogens is 1. The predicted octanol–water partition coefficient (Wildman–Crippen LogP) is 4.08. The molecule has 0 unspecified atom stereocenters. The molecule has 1 heterocycles. The van der Waals surface area contributed by atoms with E-state index in [9.17, 15) is 4.39 Å². The third kappa shape index (κ3) is 6.48. The van der Waals surface area contributed by atoms with Gasteiger partial charge in [0.2, 0.25) is 0 Å². The Bertz CT molecular complexity index is 447. The highest BCUT2D eigenvalue weighted by Gasteiger charge is 2.04. The van der Waals surface area contributed by atoms with Crippen LogP contribution in [0.3, 0.4) is 0 Å². The second-order valence-corrected chi connectivity index (χ2v) is 3.84. The van der Waals surface area contributed by atoms with Gasteiger partial charge in [-0.2, -0.15) is 0 Å². The zero-order chi connectivity index (χ0) is 15.4. The Morgan fingerprint density at radius 2 is 2.20 bits per heavy atom. The fourth-order valence-electron chi connectivity index (χ4n) is 1.54. The van der Waals surface area contributed by atoms with E-state index in [1.165, 1.54) is 12.2 Å². The van der Waals surface area contributed by atoms with Crippen molar-refractivity contribution in [1.29, 1.82) is 0 Å². The van der Waals surface area contributed by atoms with Crippen LogP contribution in [-0.4, -0.2) is 23.3 Å². The summed E-state index contributed by atoms with van der Waals surface area (Å²) in [4.78, 5) is 4.10. The van der Waals surface area contributed by atoms with Gasteiger partial charge >= 0.3 is 0 Å². The van der Waals surface area contributed by atoms with Gasteiger partial charge in [-0.15, -0.1) is 0 Å². The van der Waals surface area contributed by atoms with E-state index in [0.717, 1.165) is 17.8 Å². The van der Waals surface area contributed by atoms with Crippen LogP contribution in [0.1, 0.15) is 26.5 Å². The third-order valence-electron chi connectivity index (χ3n) is 2.58. The van der Waals surface area contributed by atoms with E-state index in [-0.39, 0.29) is 5.83 Å². The molecule has 1 aromatic rings. The zero-order valence-corrected chi connectivity index (χ0v) is 12.9. The van der Waals surface area contributed by atoms with E-state index in [2.05, 4.69) is 11.6 Å². The molecular weight excluding hydrogens is 255 g/mol. The first-order chi connectivity index (χ1) is 9.71. The van der Waals surface area contributed by atoms with Gasteiger partial charge in [-0.1, -0.05) is 32.6 Å². The lowest BCUT2D eigenvalue weighted by molar-refractivity contribution is 0.186. The van der Waals surface area contributed by atoms with E-state index in [1.54, 1.807) is 32.6 Å². The second-order valence-electron chi connectivity index (χ2n) is 3.84. The van der Waals surface area contributed by atoms with Crippen molar-refractivity contribution in [2.24, 2.45) is 0 Å². The van der Waals surface area contributed by atoms with Crippen LogP contribution >= 0.6 is 0 Å². The summed E-state index contributed by atoms with van der Waals surface area (Å²) in [7, 11) is 1.66. The number of allylic oxidation sites excluding steroid dienone is 5. The summed E-state index contributed by atoms with van der Waals surface area (Å²) >= 11 is 0. The second kappa shape index (κ2) is 11.2. The van der Waals surface area contributed by atoms with Crippen molar-refractivity contribution in [3.63, 3.8) is 0 Å². The Morgan fingerprint density at radius 3 is 2.75 bits per heavy atom. The molecule has 0 aliphatic carbocycles. The summed E-state index contributed by atoms with van der Waals surface area (Å²) in [5.74, 6) is -0.257. The van der Waals surface area contributed by atoms with Crippen LogP contribution in [0.15, 0.2) is 48.7 Å². The highest BCUT2D eigenvalue weighted by atomic mass is 19.1. The molecule has 112 valence electrons. The van der Waals surface area contributed by atoms with Crippen LogP contribution in [0.5, 0.6) is 0 Å². The molecule has 0 saturated heterocycles. The molecule has 0 aromatic carbocycles. The first kappa shape index (κ1) is 18.3. The van der Waals surface area contributed by atoms with E-state index in [1.807, 2.05) is 18.4 Å². The maximum atomic E-state index is 13.2. The fraction of sp³-hybridized carbons (Fsp3) is 0.438. The van der Waals surface area contributed by atoms with Gasteiger partial charge in [0.1, 0.15) is 5.83 Å². The number of nitrogens with zero attached hydrogens (tertiary/aromatic N) is 2. The molecule has 0 atom stereocenters. The number of hydrogen-bond donors (Lipinski definition) is 0. The first-order valence-corrected chi connectivity index (χ1v) is 6.84. The van der Waals surface area contributed by atoms with Gasteiger partial charge in [-0.25, -0.2) is 9.37 Å². The van der Waals surface area contributed by atoms with Crippen molar-refractivity contribution >= 4 is 0 Å². The Hall–Kier alpha value is -1.68. The molecule has 3 nitrogen and oxygen atoms in total. The normalized spacial score (nSPS) is 11.8. The summed E-state index contributed by atoms with van der Waals surface area (Å²) in [6, 6.07) is 0. The van der Waals surface area contributed by atoms with Crippen molar-refractivity contribution in [3.05, 3.63) is 54.4 Å². The number of aromatic nitrogens is 2. The summed E-state index contributed by atoms with van der Waals surface area (Å²) in [5, 5.41) is 0. The standard InChI is InChI=1S/C14H19FN2O.C2H6/c1-4-12(8-13(15)5-2)9-14-10-16-11-17(14)6-7-18-3;1-2/h4-5,8,10-11H,1,6-7,9H2,2-3H3;1-2H3/b12-8+,13-5+;. The van der Waals surface area contributed by atoms with E-state index in [4.69, 9.17) is 4.74 Å². The van der Waals surface area contributed by atoms with Gasteiger partial charge in [-0.05, 0) is 18.6 Å². The highest BCUT2D eigenvalue weighted by Crippen LogP contribution is 2.12. The lowest BCUT2D eigenvalue weighted by atomic mass is 10.1. The van der Waals surface area contributed by atoms with Crippen molar-refractivity contribution < 1.29 is 9.13 Å². The summed E-state index contributed by atoms with van der Waals surface area (Å²) in [6.07, 6.45) is 8.71. The van der Waals surface area contributed by atoms with Crippen LogP contribution in [-0.2, 0) is 17.7 Å². The average molecular weight is 280 g/mol. The monoisotopic (exact) mass is 280 g/mol. The fourth-order valence-corrected chi connectivity index (χ4v) is 1.54. The van der Waals surface area contributed by atoms with Crippen LogP contribution in [0.2, 0.25) is 0 Å². The topological polar surface area (TPSA) is 27.1 Å². The van der Waals surface area contributed by atoms with Gasteiger partial charge < -0.3 is 9.30 Å². The zero-order valence-electron chi connectivity index (χ0n) is 12.9. The van der Waals surface area contributed by atoms with Crippen molar-refractivity contribution in [2.45, 2.75) is 33.7 Å². The molecule has 0 saturated carbocycles. The Kier molecular flexibility index (Phi) is 10.2. The molecule has 4 heteroatoms. The first-order valence-electron chi connectivity index (χ1n) is 6.84. The molecule has 1 aromatic heterocycles. The van der Waals surface area contributed by atoms with E-state index < -0.39 is 0 Å². The van der Waals surface area contributed by atoms with Crippen molar-refractivity contribution in [3.8, 4) is 0 Å². The molecule has 0 aliphatic heterocycles. The highest BCUT2D eigenvalue weighted by molar-refractivity contribution is 5.29. The third-order valence-corrected chi connectivity index (χ3v) is 2.58. The molecule has 0 amide bonds. The number of imidazole rings is 1. The van der Waals surface area contributed by atoms with E-state index >= 15 is 0 Å². The van der Waals surface area contributed by atoms with Crippen LogP contribution in [0, 0.1) is 0 Å². The molecular formula is C16H25FN2O. The Balaban J connectivity index is 0.00000172. The SMILES string of the molecule is C=C/C(=C\C(F)=C/C)Cc1cncn1CCOC.CC. The molecule has 0 aliphatic rings. The molecule has 0 radical (unpaired) electrons. The smallest absolute Gasteiger partial charge is 0.119 e. The van der Waals surface area contributed by atoms with Gasteiger partial charge in [0, 0.05) is 32.0 Å². The molecule has 0 fully saturated rings. The summed E-state index contributed by atoms with van der Waals surface area (Å²) < 4.78 is 20.2. The van der Waals surface area contributed by atoms with Crippen molar-refractivity contribution in [2.75, 3.05) is 13.7 Å². The van der Waals surface area contributed by atoms with Gasteiger partial charge in [0.15, 0.2) is 0 Å². The van der Waals surface area contributed by atoms with Crippen LogP contribution in [0.25, 0.3) is 0 Å². The number of rotatable bonds is 7. The summed E-state index contributed by atoms with van der Waals surface area (Å²) in [5.41, 5.74) is 1.84. The lowest BCUT2D eigenvalue weighted by Crippen LogP contribution is -2.07. The molecule has 0 spiro atoms. The van der Waals surface area contributed by atoms with E-state index in [0.29, 0.717) is 13.0 Å². The van der Waals surface area contributed by atoms with Gasteiger partial charge in [0.25, 0.3) is 0 Å². The van der Waals surface area contributed by atoms with Crippen LogP contribution < -0.4 is 0 Å². The summed E-state index contributed by atoms with van der Waals surface area (Å²) in [6.45, 7) is 10.7. The largest absolute Gasteiger partial charge is 0.383 e. The number of methoxy groups -OCH3 is 1.